The smallest absolute Gasteiger partial charge is 0.254 e. The van der Waals surface area contributed by atoms with Gasteiger partial charge in [0.25, 0.3) is 5.91 Å². The Labute approximate surface area is 196 Å². The minimum absolute atomic E-state index is 0.162. The van der Waals surface area contributed by atoms with Crippen LogP contribution in [0.3, 0.4) is 0 Å². The topological polar surface area (TPSA) is 49.9 Å². The minimum Gasteiger partial charge on any atom is -0.383 e. The third kappa shape index (κ3) is 6.94. The summed E-state index contributed by atoms with van der Waals surface area (Å²) in [6.07, 6.45) is 0. The fourth-order valence-electron chi connectivity index (χ4n) is 3.27. The number of carbonyl (C=O) groups is 2. The Morgan fingerprint density at radius 3 is 2.12 bits per heavy atom. The molecule has 1 aromatic heterocycles. The number of benzene rings is 2. The first-order chi connectivity index (χ1) is 15.9. The number of hydrogen-bond donors (Lipinski definition) is 0. The van der Waals surface area contributed by atoms with Gasteiger partial charge in [-0.05, 0) is 65.9 Å². The molecule has 174 valence electrons. The van der Waals surface area contributed by atoms with Gasteiger partial charge in [-0.15, -0.1) is 11.3 Å². The quantitative estimate of drug-likeness (QED) is 0.432. The summed E-state index contributed by atoms with van der Waals surface area (Å²) in [5, 5.41) is 1.97. The van der Waals surface area contributed by atoms with Crippen molar-refractivity contribution in [1.29, 1.82) is 0 Å². The van der Waals surface area contributed by atoms with Crippen molar-refractivity contribution in [3.8, 4) is 0 Å². The summed E-state index contributed by atoms with van der Waals surface area (Å²) in [6, 6.07) is 13.2. The van der Waals surface area contributed by atoms with E-state index in [0.717, 1.165) is 16.0 Å². The summed E-state index contributed by atoms with van der Waals surface area (Å²) in [4.78, 5) is 30.5. The van der Waals surface area contributed by atoms with Gasteiger partial charge in [-0.2, -0.15) is 0 Å². The number of amides is 2. The molecule has 2 amide bonds. The molecule has 5 nitrogen and oxygen atoms in total. The van der Waals surface area contributed by atoms with E-state index < -0.39 is 5.82 Å². The van der Waals surface area contributed by atoms with Gasteiger partial charge in [0.15, 0.2) is 0 Å². The standard InChI is InChI=1S/C25H26F2N2O3S/c1-18-11-14-33-23(18)16-29(15-19-3-7-21(26)8-4-19)24(30)17-28(12-13-32-2)25(31)20-5-9-22(27)10-6-20/h3-11,14H,12-13,15-17H2,1-2H3. The van der Waals surface area contributed by atoms with Crippen LogP contribution < -0.4 is 0 Å². The normalized spacial score (nSPS) is 10.8. The van der Waals surface area contributed by atoms with Crippen LogP contribution in [-0.2, 0) is 22.6 Å². The number of nitrogens with zero attached hydrogens (tertiary/aromatic N) is 2. The van der Waals surface area contributed by atoms with Crippen LogP contribution in [0.1, 0.15) is 26.4 Å². The summed E-state index contributed by atoms with van der Waals surface area (Å²) in [5.74, 6) is -1.42. The first kappa shape index (κ1) is 24.5. The maximum Gasteiger partial charge on any atom is 0.254 e. The molecular weight excluding hydrogens is 446 g/mol. The maximum absolute atomic E-state index is 13.4. The predicted octanol–water partition coefficient (Wildman–Crippen LogP) is 4.65. The van der Waals surface area contributed by atoms with Gasteiger partial charge in [-0.25, -0.2) is 8.78 Å². The number of ether oxygens (including phenoxy) is 1. The Bertz CT molecular complexity index is 1070. The molecule has 3 rings (SSSR count). The van der Waals surface area contributed by atoms with Gasteiger partial charge >= 0.3 is 0 Å². The molecule has 0 saturated carbocycles. The molecule has 0 unspecified atom stereocenters. The van der Waals surface area contributed by atoms with E-state index in [0.29, 0.717) is 12.1 Å². The van der Waals surface area contributed by atoms with E-state index in [4.69, 9.17) is 4.74 Å². The average molecular weight is 473 g/mol. The van der Waals surface area contributed by atoms with E-state index in [-0.39, 0.29) is 43.9 Å². The van der Waals surface area contributed by atoms with Crippen LogP contribution in [0.25, 0.3) is 0 Å². The minimum atomic E-state index is -0.442. The summed E-state index contributed by atoms with van der Waals surface area (Å²) in [5.41, 5.74) is 2.15. The molecule has 0 fully saturated rings. The summed E-state index contributed by atoms with van der Waals surface area (Å²) in [7, 11) is 1.52. The van der Waals surface area contributed by atoms with Crippen molar-refractivity contribution in [1.82, 2.24) is 9.80 Å². The lowest BCUT2D eigenvalue weighted by Crippen LogP contribution is -2.43. The molecule has 0 aliphatic rings. The Hall–Kier alpha value is -3.10. The molecule has 1 heterocycles. The zero-order valence-electron chi connectivity index (χ0n) is 18.6. The van der Waals surface area contributed by atoms with Crippen LogP contribution in [0.15, 0.2) is 60.0 Å². The highest BCUT2D eigenvalue weighted by molar-refractivity contribution is 7.10. The molecule has 0 bridgehead atoms. The molecule has 0 atom stereocenters. The van der Waals surface area contributed by atoms with E-state index in [1.54, 1.807) is 28.4 Å². The zero-order chi connectivity index (χ0) is 23.8. The van der Waals surface area contributed by atoms with Crippen LogP contribution >= 0.6 is 11.3 Å². The Morgan fingerprint density at radius 1 is 0.909 bits per heavy atom. The van der Waals surface area contributed by atoms with E-state index in [1.807, 2.05) is 18.4 Å². The van der Waals surface area contributed by atoms with Crippen molar-refractivity contribution in [3.05, 3.63) is 93.2 Å². The van der Waals surface area contributed by atoms with Gasteiger partial charge in [-0.1, -0.05) is 12.1 Å². The Morgan fingerprint density at radius 2 is 1.55 bits per heavy atom. The lowest BCUT2D eigenvalue weighted by Gasteiger charge is -2.28. The zero-order valence-corrected chi connectivity index (χ0v) is 19.4. The second-order valence-electron chi connectivity index (χ2n) is 7.63. The van der Waals surface area contributed by atoms with Gasteiger partial charge in [0.2, 0.25) is 5.91 Å². The third-order valence-electron chi connectivity index (χ3n) is 5.21. The number of thiophene rings is 1. The number of hydrogen-bond acceptors (Lipinski definition) is 4. The van der Waals surface area contributed by atoms with Gasteiger partial charge in [0.1, 0.15) is 18.2 Å². The number of carbonyl (C=O) groups excluding carboxylic acids is 2. The molecule has 0 aliphatic heterocycles. The number of halogens is 2. The Balaban J connectivity index is 1.81. The molecule has 0 N–H and O–H groups in total. The largest absolute Gasteiger partial charge is 0.383 e. The second kappa shape index (κ2) is 11.7. The van der Waals surface area contributed by atoms with Crippen molar-refractivity contribution in [3.63, 3.8) is 0 Å². The third-order valence-corrected chi connectivity index (χ3v) is 6.22. The summed E-state index contributed by atoms with van der Waals surface area (Å²) < 4.78 is 31.7. The molecular formula is C25H26F2N2O3S. The second-order valence-corrected chi connectivity index (χ2v) is 8.63. The van der Waals surface area contributed by atoms with Crippen LogP contribution in [0.4, 0.5) is 8.78 Å². The van der Waals surface area contributed by atoms with E-state index >= 15 is 0 Å². The maximum atomic E-state index is 13.4. The highest BCUT2D eigenvalue weighted by Gasteiger charge is 2.23. The van der Waals surface area contributed by atoms with Gasteiger partial charge in [0, 0.05) is 30.6 Å². The molecule has 8 heteroatoms. The first-order valence-electron chi connectivity index (χ1n) is 10.5. The van der Waals surface area contributed by atoms with E-state index in [9.17, 15) is 18.4 Å². The van der Waals surface area contributed by atoms with Crippen molar-refractivity contribution >= 4 is 23.2 Å². The van der Waals surface area contributed by atoms with Crippen LogP contribution in [0.5, 0.6) is 0 Å². The molecule has 3 aromatic rings. The van der Waals surface area contributed by atoms with Crippen LogP contribution in [-0.4, -0.2) is 48.4 Å². The van der Waals surface area contributed by atoms with Crippen molar-refractivity contribution in [2.45, 2.75) is 20.0 Å². The SMILES string of the molecule is COCCN(CC(=O)N(Cc1ccc(F)cc1)Cc1sccc1C)C(=O)c1ccc(F)cc1. The Kier molecular flexibility index (Phi) is 8.68. The molecule has 2 aromatic carbocycles. The summed E-state index contributed by atoms with van der Waals surface area (Å²) in [6.45, 7) is 2.94. The average Bonchev–Trinajstić information content (AvgIpc) is 3.21. The fraction of sp³-hybridized carbons (Fsp3) is 0.280. The van der Waals surface area contributed by atoms with Gasteiger partial charge in [-0.3, -0.25) is 9.59 Å². The van der Waals surface area contributed by atoms with Gasteiger partial charge < -0.3 is 14.5 Å². The monoisotopic (exact) mass is 472 g/mol. The van der Waals surface area contributed by atoms with Crippen molar-refractivity contribution < 1.29 is 23.1 Å². The number of methoxy groups -OCH3 is 1. The fourth-order valence-corrected chi connectivity index (χ4v) is 4.19. The van der Waals surface area contributed by atoms with Crippen molar-refractivity contribution in [2.24, 2.45) is 0 Å². The number of rotatable bonds is 10. The molecule has 0 radical (unpaired) electrons. The van der Waals surface area contributed by atoms with E-state index in [2.05, 4.69) is 0 Å². The molecule has 33 heavy (non-hydrogen) atoms. The molecule has 0 spiro atoms. The van der Waals surface area contributed by atoms with Crippen LogP contribution in [0.2, 0.25) is 0 Å². The molecule has 0 aliphatic carbocycles. The number of aryl methyl sites for hydroxylation is 1. The summed E-state index contributed by atoms with van der Waals surface area (Å²) >= 11 is 1.56. The predicted molar refractivity (Wildman–Crippen MR) is 124 cm³/mol. The van der Waals surface area contributed by atoms with Gasteiger partial charge in [0.05, 0.1) is 13.2 Å². The lowest BCUT2D eigenvalue weighted by molar-refractivity contribution is -0.133. The van der Waals surface area contributed by atoms with Crippen molar-refractivity contribution in [2.75, 3.05) is 26.8 Å². The highest BCUT2D eigenvalue weighted by atomic mass is 32.1. The lowest BCUT2D eigenvalue weighted by atomic mass is 10.1. The van der Waals surface area contributed by atoms with Crippen LogP contribution in [0, 0.1) is 18.6 Å². The molecule has 0 saturated heterocycles. The van der Waals surface area contributed by atoms with E-state index in [1.165, 1.54) is 48.4 Å². The first-order valence-corrected chi connectivity index (χ1v) is 11.3. The highest BCUT2D eigenvalue weighted by Crippen LogP contribution is 2.20.